The molecule has 0 aliphatic heterocycles. The molecule has 0 fully saturated rings. The molecule has 0 saturated heterocycles. The first-order valence-electron chi connectivity index (χ1n) is 5.30. The van der Waals surface area contributed by atoms with Gasteiger partial charge in [-0.2, -0.15) is 13.2 Å². The Balaban J connectivity index is 2.89. The summed E-state index contributed by atoms with van der Waals surface area (Å²) in [5.74, 6) is 0. The van der Waals surface area contributed by atoms with Gasteiger partial charge < -0.3 is 10.1 Å². The van der Waals surface area contributed by atoms with Gasteiger partial charge in [-0.25, -0.2) is 4.79 Å². The van der Waals surface area contributed by atoms with Crippen LogP contribution in [0, 0.1) is 0 Å². The number of hydrogen-bond acceptors (Lipinski definition) is 3. The highest BCUT2D eigenvalue weighted by atomic mass is 19.4. The molecule has 2 N–H and O–H groups in total. The van der Waals surface area contributed by atoms with Crippen molar-refractivity contribution in [2.75, 3.05) is 6.61 Å². The van der Waals surface area contributed by atoms with E-state index in [0.29, 0.717) is 4.57 Å². The van der Waals surface area contributed by atoms with Gasteiger partial charge in [-0.15, -0.1) is 0 Å². The Hall–Kier alpha value is -2.09. The summed E-state index contributed by atoms with van der Waals surface area (Å²) < 4.78 is 38.9. The van der Waals surface area contributed by atoms with Crippen molar-refractivity contribution in [2.24, 2.45) is 0 Å². The summed E-state index contributed by atoms with van der Waals surface area (Å²) in [6.45, 7) is -0.742. The van der Waals surface area contributed by atoms with Crippen LogP contribution in [-0.4, -0.2) is 21.3 Å². The van der Waals surface area contributed by atoms with Crippen LogP contribution >= 0.6 is 0 Å². The van der Waals surface area contributed by atoms with E-state index in [4.69, 9.17) is 5.11 Å². The van der Waals surface area contributed by atoms with E-state index in [-0.39, 0.29) is 11.9 Å². The van der Waals surface area contributed by atoms with Crippen molar-refractivity contribution in [3.05, 3.63) is 44.6 Å². The summed E-state index contributed by atoms with van der Waals surface area (Å²) in [4.78, 5) is 25.5. The molecule has 0 atom stereocenters. The molecular formula is C11H9F3N2O3. The predicted octanol–water partition coefficient (Wildman–Crippen LogP) is 0.701. The van der Waals surface area contributed by atoms with Crippen molar-refractivity contribution in [2.45, 2.75) is 12.7 Å². The van der Waals surface area contributed by atoms with E-state index in [1.165, 1.54) is 6.07 Å². The minimum Gasteiger partial charge on any atom is -0.395 e. The number of alkyl halides is 3. The van der Waals surface area contributed by atoms with Crippen molar-refractivity contribution in [3.8, 4) is 0 Å². The first kappa shape index (κ1) is 13.3. The summed E-state index contributed by atoms with van der Waals surface area (Å²) in [7, 11) is 0. The van der Waals surface area contributed by atoms with Crippen LogP contribution in [0.4, 0.5) is 13.2 Å². The van der Waals surface area contributed by atoms with Gasteiger partial charge >= 0.3 is 11.9 Å². The summed E-state index contributed by atoms with van der Waals surface area (Å²) >= 11 is 0. The number of nitrogens with one attached hydrogen (secondary N) is 1. The third kappa shape index (κ3) is 2.26. The van der Waals surface area contributed by atoms with Crippen LogP contribution in [0.2, 0.25) is 0 Å². The van der Waals surface area contributed by atoms with Crippen LogP contribution in [0.1, 0.15) is 5.56 Å². The van der Waals surface area contributed by atoms with E-state index in [1.807, 2.05) is 4.98 Å². The minimum atomic E-state index is -4.67. The molecule has 0 radical (unpaired) electrons. The molecule has 1 heterocycles. The Morgan fingerprint density at radius 1 is 1.26 bits per heavy atom. The fourth-order valence-corrected chi connectivity index (χ4v) is 1.82. The first-order chi connectivity index (χ1) is 8.86. The molecule has 0 aliphatic carbocycles. The summed E-state index contributed by atoms with van der Waals surface area (Å²) in [5.41, 5.74) is -3.46. The number of para-hydroxylation sites is 1. The lowest BCUT2D eigenvalue weighted by Crippen LogP contribution is -2.36. The Labute approximate surface area is 103 Å². The number of benzene rings is 1. The molecule has 102 valence electrons. The Morgan fingerprint density at radius 3 is 2.53 bits per heavy atom. The van der Waals surface area contributed by atoms with Gasteiger partial charge in [0.15, 0.2) is 0 Å². The quantitative estimate of drug-likeness (QED) is 0.846. The lowest BCUT2D eigenvalue weighted by molar-refractivity contribution is -0.136. The van der Waals surface area contributed by atoms with E-state index in [2.05, 4.69) is 0 Å². The fourth-order valence-electron chi connectivity index (χ4n) is 1.82. The number of aliphatic hydroxyl groups excluding tert-OH is 1. The monoisotopic (exact) mass is 274 g/mol. The normalized spacial score (nSPS) is 12.0. The van der Waals surface area contributed by atoms with Gasteiger partial charge in [-0.1, -0.05) is 6.07 Å². The van der Waals surface area contributed by atoms with Crippen LogP contribution in [0.15, 0.2) is 27.8 Å². The van der Waals surface area contributed by atoms with Gasteiger partial charge in [0, 0.05) is 0 Å². The van der Waals surface area contributed by atoms with E-state index in [9.17, 15) is 22.8 Å². The third-order valence-corrected chi connectivity index (χ3v) is 2.65. The zero-order valence-electron chi connectivity index (χ0n) is 9.49. The molecule has 0 amide bonds. The number of hydrogen-bond donors (Lipinski definition) is 2. The van der Waals surface area contributed by atoms with Crippen molar-refractivity contribution in [3.63, 3.8) is 0 Å². The first-order valence-corrected chi connectivity index (χ1v) is 5.30. The lowest BCUT2D eigenvalue weighted by Gasteiger charge is -2.11. The van der Waals surface area contributed by atoms with E-state index < -0.39 is 35.1 Å². The van der Waals surface area contributed by atoms with Gasteiger partial charge in [0.05, 0.1) is 29.6 Å². The molecule has 0 saturated carbocycles. The molecule has 1 aromatic carbocycles. The number of aliphatic hydroxyl groups is 1. The Bertz CT molecular complexity index is 731. The molecule has 2 rings (SSSR count). The Kier molecular flexibility index (Phi) is 3.19. The van der Waals surface area contributed by atoms with Crippen LogP contribution in [-0.2, 0) is 12.7 Å². The van der Waals surface area contributed by atoms with Gasteiger partial charge in [0.1, 0.15) is 0 Å². The number of halogens is 3. The number of nitrogens with zero attached hydrogens (tertiary/aromatic N) is 1. The van der Waals surface area contributed by atoms with Crippen LogP contribution in [0.25, 0.3) is 10.9 Å². The van der Waals surface area contributed by atoms with Crippen molar-refractivity contribution >= 4 is 10.9 Å². The van der Waals surface area contributed by atoms with Crippen LogP contribution in [0.3, 0.4) is 0 Å². The molecule has 2 aromatic rings. The highest BCUT2D eigenvalue weighted by Gasteiger charge is 2.33. The number of aromatic amines is 1. The predicted molar refractivity (Wildman–Crippen MR) is 60.9 cm³/mol. The lowest BCUT2D eigenvalue weighted by atomic mass is 10.1. The third-order valence-electron chi connectivity index (χ3n) is 2.65. The van der Waals surface area contributed by atoms with Crippen molar-refractivity contribution in [1.82, 2.24) is 9.55 Å². The highest BCUT2D eigenvalue weighted by molar-refractivity contribution is 5.81. The van der Waals surface area contributed by atoms with Crippen molar-refractivity contribution < 1.29 is 18.3 Å². The molecule has 19 heavy (non-hydrogen) atoms. The number of rotatable bonds is 2. The largest absolute Gasteiger partial charge is 0.418 e. The molecule has 0 bridgehead atoms. The fraction of sp³-hybridized carbons (Fsp3) is 0.273. The minimum absolute atomic E-state index is 0.247. The highest BCUT2D eigenvalue weighted by Crippen LogP contribution is 2.32. The molecule has 0 spiro atoms. The SMILES string of the molecule is O=c1[nH]c2c(C(F)(F)F)cccc2c(=O)n1CCO. The maximum Gasteiger partial charge on any atom is 0.418 e. The Morgan fingerprint density at radius 2 is 1.95 bits per heavy atom. The van der Waals surface area contributed by atoms with Crippen molar-refractivity contribution in [1.29, 1.82) is 0 Å². The molecule has 1 aromatic heterocycles. The molecule has 8 heteroatoms. The summed E-state index contributed by atoms with van der Waals surface area (Å²) in [6, 6.07) is 3.07. The number of H-pyrrole nitrogens is 1. The topological polar surface area (TPSA) is 75.1 Å². The maximum absolute atomic E-state index is 12.8. The van der Waals surface area contributed by atoms with Gasteiger partial charge in [0.25, 0.3) is 5.56 Å². The zero-order valence-corrected chi connectivity index (χ0v) is 9.49. The smallest absolute Gasteiger partial charge is 0.395 e. The number of fused-ring (bicyclic) bond motifs is 1. The van der Waals surface area contributed by atoms with Crippen LogP contribution in [0.5, 0.6) is 0 Å². The van der Waals surface area contributed by atoms with Gasteiger partial charge in [-0.05, 0) is 12.1 Å². The van der Waals surface area contributed by atoms with Gasteiger partial charge in [-0.3, -0.25) is 9.36 Å². The molecule has 5 nitrogen and oxygen atoms in total. The van der Waals surface area contributed by atoms with E-state index >= 15 is 0 Å². The second-order valence-corrected chi connectivity index (χ2v) is 3.84. The summed E-state index contributed by atoms with van der Waals surface area (Å²) in [6.07, 6.45) is -4.67. The summed E-state index contributed by atoms with van der Waals surface area (Å²) in [5, 5.41) is 8.48. The average molecular weight is 274 g/mol. The molecule has 0 aliphatic rings. The van der Waals surface area contributed by atoms with Crippen LogP contribution < -0.4 is 11.2 Å². The average Bonchev–Trinajstić information content (AvgIpc) is 2.32. The standard InChI is InChI=1S/C11H9F3N2O3/c12-11(13,14)7-3-1-2-6-8(7)15-10(19)16(4-5-17)9(6)18/h1-3,17H,4-5H2,(H,15,19). The van der Waals surface area contributed by atoms with Gasteiger partial charge in [0.2, 0.25) is 0 Å². The van der Waals surface area contributed by atoms with E-state index in [1.54, 1.807) is 0 Å². The zero-order chi connectivity index (χ0) is 14.2. The molecular weight excluding hydrogens is 265 g/mol. The second-order valence-electron chi connectivity index (χ2n) is 3.84. The maximum atomic E-state index is 12.8. The second kappa shape index (κ2) is 4.54. The molecule has 0 unspecified atom stereocenters. The number of aromatic nitrogens is 2. The van der Waals surface area contributed by atoms with E-state index in [0.717, 1.165) is 12.1 Å².